The molecule has 3 unspecified atom stereocenters. The Kier molecular flexibility index (Phi) is 12.6. The number of thiol groups is 1. The van der Waals surface area contributed by atoms with E-state index in [1.165, 1.54) is 11.8 Å². The van der Waals surface area contributed by atoms with Gasteiger partial charge in [0.25, 0.3) is 0 Å². The summed E-state index contributed by atoms with van der Waals surface area (Å²) in [5, 5.41) is 18.1. The predicted molar refractivity (Wildman–Crippen MR) is 134 cm³/mol. The topological polar surface area (TPSA) is 134 Å². The minimum Gasteiger partial charge on any atom is -0.480 e. The third-order valence-corrected chi connectivity index (χ3v) is 6.15. The van der Waals surface area contributed by atoms with Crippen LogP contribution in [0.5, 0.6) is 0 Å². The van der Waals surface area contributed by atoms with Gasteiger partial charge in [-0.2, -0.15) is 24.4 Å². The molecule has 32 heavy (non-hydrogen) atoms. The molecule has 0 radical (unpaired) electrons. The Morgan fingerprint density at radius 2 is 1.78 bits per heavy atom. The van der Waals surface area contributed by atoms with Crippen molar-refractivity contribution in [2.24, 2.45) is 11.7 Å². The van der Waals surface area contributed by atoms with E-state index >= 15 is 0 Å². The number of nitrogens with one attached hydrogen (secondary N) is 3. The molecule has 1 aromatic rings. The SMILES string of the molecule is CSCCC(NC(=O)C(C)Nc1ccccc1CC(NC(=O)[C@H](N)CS)C(C)C)C(=O)O. The second-order valence-electron chi connectivity index (χ2n) is 8.06. The van der Waals surface area contributed by atoms with Crippen LogP contribution in [0.4, 0.5) is 5.69 Å². The summed E-state index contributed by atoms with van der Waals surface area (Å²) < 4.78 is 0. The molecule has 0 spiro atoms. The van der Waals surface area contributed by atoms with Crippen molar-refractivity contribution in [3.05, 3.63) is 29.8 Å². The van der Waals surface area contributed by atoms with Crippen LogP contribution in [0.1, 0.15) is 32.8 Å². The molecule has 0 aromatic heterocycles. The molecule has 1 rings (SSSR count). The Hall–Kier alpha value is -1.91. The van der Waals surface area contributed by atoms with Crippen LogP contribution in [0.2, 0.25) is 0 Å². The first-order valence-electron chi connectivity index (χ1n) is 10.6. The summed E-state index contributed by atoms with van der Waals surface area (Å²) in [6.45, 7) is 5.72. The molecule has 180 valence electrons. The van der Waals surface area contributed by atoms with Crippen molar-refractivity contribution in [3.63, 3.8) is 0 Å². The van der Waals surface area contributed by atoms with Crippen LogP contribution in [0, 0.1) is 5.92 Å². The van der Waals surface area contributed by atoms with Gasteiger partial charge in [0.05, 0.1) is 6.04 Å². The highest BCUT2D eigenvalue weighted by Gasteiger charge is 2.24. The van der Waals surface area contributed by atoms with Crippen LogP contribution in [0.15, 0.2) is 24.3 Å². The molecule has 0 aliphatic carbocycles. The number of carboxylic acid groups (broad SMARTS) is 1. The van der Waals surface area contributed by atoms with Crippen molar-refractivity contribution in [2.45, 2.75) is 57.8 Å². The summed E-state index contributed by atoms with van der Waals surface area (Å²) in [5.41, 5.74) is 7.48. The fourth-order valence-electron chi connectivity index (χ4n) is 2.99. The van der Waals surface area contributed by atoms with Gasteiger partial charge in [-0.15, -0.1) is 0 Å². The zero-order chi connectivity index (χ0) is 24.3. The van der Waals surface area contributed by atoms with Crippen molar-refractivity contribution < 1.29 is 19.5 Å². The van der Waals surface area contributed by atoms with Crippen LogP contribution in [-0.2, 0) is 20.8 Å². The van der Waals surface area contributed by atoms with Crippen LogP contribution in [0.3, 0.4) is 0 Å². The van der Waals surface area contributed by atoms with Gasteiger partial charge in [0.15, 0.2) is 0 Å². The van der Waals surface area contributed by atoms with Crippen LogP contribution in [0.25, 0.3) is 0 Å². The first-order valence-corrected chi connectivity index (χ1v) is 12.7. The van der Waals surface area contributed by atoms with E-state index in [1.54, 1.807) is 6.92 Å². The molecule has 6 N–H and O–H groups in total. The van der Waals surface area contributed by atoms with Gasteiger partial charge in [-0.3, -0.25) is 9.59 Å². The van der Waals surface area contributed by atoms with Crippen LogP contribution >= 0.6 is 24.4 Å². The number of hydrogen-bond acceptors (Lipinski definition) is 7. The maximum Gasteiger partial charge on any atom is 0.326 e. The third kappa shape index (κ3) is 9.30. The highest BCUT2D eigenvalue weighted by molar-refractivity contribution is 7.98. The highest BCUT2D eigenvalue weighted by atomic mass is 32.2. The average molecular weight is 485 g/mol. The molecule has 1 aromatic carbocycles. The Morgan fingerprint density at radius 3 is 2.34 bits per heavy atom. The normalized spacial score (nSPS) is 14.8. The maximum atomic E-state index is 12.6. The molecule has 0 aliphatic rings. The second-order valence-corrected chi connectivity index (χ2v) is 9.41. The number of carboxylic acids is 1. The lowest BCUT2D eigenvalue weighted by Crippen LogP contribution is -2.49. The van der Waals surface area contributed by atoms with Crippen molar-refractivity contribution in [1.29, 1.82) is 0 Å². The van der Waals surface area contributed by atoms with E-state index in [0.717, 1.165) is 11.3 Å². The lowest BCUT2D eigenvalue weighted by atomic mass is 9.95. The quantitative estimate of drug-likeness (QED) is 0.222. The number of rotatable bonds is 14. The molecule has 0 saturated heterocycles. The number of nitrogens with two attached hydrogens (primary N) is 1. The smallest absolute Gasteiger partial charge is 0.326 e. The standard InChI is InChI=1S/C22H36N4O4S2/c1-13(2)19(26-21(28)16(23)12-31)11-15-7-5-6-8-17(15)24-14(3)20(27)25-18(22(29)30)9-10-32-4/h5-8,13-14,16,18-19,24,31H,9-12,23H2,1-4H3,(H,25,27)(H,26,28)(H,29,30)/t14?,16-,18?,19?/m1/s1. The van der Waals surface area contributed by atoms with E-state index in [2.05, 4.69) is 28.6 Å². The van der Waals surface area contributed by atoms with Gasteiger partial charge in [-0.1, -0.05) is 32.0 Å². The fourth-order valence-corrected chi connectivity index (χ4v) is 3.63. The van der Waals surface area contributed by atoms with Gasteiger partial charge < -0.3 is 26.8 Å². The van der Waals surface area contributed by atoms with E-state index in [1.807, 2.05) is 44.4 Å². The van der Waals surface area contributed by atoms with Crippen molar-refractivity contribution in [2.75, 3.05) is 23.1 Å². The number of anilines is 1. The maximum absolute atomic E-state index is 12.6. The van der Waals surface area contributed by atoms with Gasteiger partial charge in [0, 0.05) is 17.5 Å². The average Bonchev–Trinajstić information content (AvgIpc) is 2.75. The zero-order valence-corrected chi connectivity index (χ0v) is 20.8. The van der Waals surface area contributed by atoms with E-state index in [-0.39, 0.29) is 29.5 Å². The van der Waals surface area contributed by atoms with E-state index in [9.17, 15) is 19.5 Å². The molecule has 0 fully saturated rings. The fraction of sp³-hybridized carbons (Fsp3) is 0.591. The molecule has 2 amide bonds. The number of para-hydroxylation sites is 1. The number of thioether (sulfide) groups is 1. The largest absolute Gasteiger partial charge is 0.480 e. The number of carbonyl (C=O) groups excluding carboxylic acids is 2. The predicted octanol–water partition coefficient (Wildman–Crippen LogP) is 1.75. The van der Waals surface area contributed by atoms with Gasteiger partial charge in [-0.05, 0) is 49.3 Å². The number of aliphatic carboxylic acids is 1. The summed E-state index contributed by atoms with van der Waals surface area (Å²) in [4.78, 5) is 36.3. The number of amides is 2. The number of carbonyl (C=O) groups is 3. The number of benzene rings is 1. The minimum atomic E-state index is -1.05. The summed E-state index contributed by atoms with van der Waals surface area (Å²) in [5.74, 6) is -0.623. The summed E-state index contributed by atoms with van der Waals surface area (Å²) in [7, 11) is 0. The van der Waals surface area contributed by atoms with Gasteiger partial charge in [0.2, 0.25) is 11.8 Å². The Morgan fingerprint density at radius 1 is 1.12 bits per heavy atom. The Labute approximate surface area is 200 Å². The molecule has 0 heterocycles. The van der Waals surface area contributed by atoms with E-state index < -0.39 is 24.1 Å². The van der Waals surface area contributed by atoms with E-state index in [4.69, 9.17) is 5.73 Å². The van der Waals surface area contributed by atoms with Crippen LogP contribution < -0.4 is 21.7 Å². The molecule has 0 saturated carbocycles. The molecular weight excluding hydrogens is 448 g/mol. The summed E-state index contributed by atoms with van der Waals surface area (Å²) in [6.07, 6.45) is 2.79. The Balaban J connectivity index is 2.89. The number of hydrogen-bond donors (Lipinski definition) is 6. The molecule has 0 bridgehead atoms. The van der Waals surface area contributed by atoms with Crippen LogP contribution in [-0.4, -0.2) is 64.8 Å². The highest BCUT2D eigenvalue weighted by Crippen LogP contribution is 2.20. The summed E-state index contributed by atoms with van der Waals surface area (Å²) >= 11 is 5.61. The monoisotopic (exact) mass is 484 g/mol. The van der Waals surface area contributed by atoms with E-state index in [0.29, 0.717) is 18.6 Å². The summed E-state index contributed by atoms with van der Waals surface area (Å²) in [6, 6.07) is 5.16. The molecule has 0 aliphatic heterocycles. The lowest BCUT2D eigenvalue weighted by Gasteiger charge is -2.26. The molecule has 10 heteroatoms. The first-order chi connectivity index (χ1) is 15.1. The second kappa shape index (κ2) is 14.3. The molecule has 4 atom stereocenters. The Bertz CT molecular complexity index is 763. The lowest BCUT2D eigenvalue weighted by molar-refractivity contribution is -0.141. The molecular formula is C22H36N4O4S2. The third-order valence-electron chi connectivity index (χ3n) is 5.11. The van der Waals surface area contributed by atoms with Gasteiger partial charge in [-0.25, -0.2) is 4.79 Å². The minimum absolute atomic E-state index is 0.150. The zero-order valence-electron chi connectivity index (χ0n) is 19.1. The van der Waals surface area contributed by atoms with Crippen molar-refractivity contribution in [3.8, 4) is 0 Å². The van der Waals surface area contributed by atoms with Crippen molar-refractivity contribution in [1.82, 2.24) is 10.6 Å². The van der Waals surface area contributed by atoms with Gasteiger partial charge >= 0.3 is 5.97 Å². The van der Waals surface area contributed by atoms with Crippen molar-refractivity contribution >= 4 is 47.9 Å². The van der Waals surface area contributed by atoms with Gasteiger partial charge in [0.1, 0.15) is 12.1 Å². The first kappa shape index (κ1) is 28.1. The molecule has 8 nitrogen and oxygen atoms in total.